The molecule has 2 atom stereocenters. The SMILES string of the molecule is COC(=O)NCCCC(O)(c1cccc(F)c1-c1cccc(C)c1)[C@@H]1CCCN(C(=O)c2ccc(CNCc3nn[nH]n3)cc2)C1. The number of carbonyl (C=O) groups is 2. The first-order valence-electron chi connectivity index (χ1n) is 15.5. The highest BCUT2D eigenvalue weighted by molar-refractivity contribution is 5.94. The summed E-state index contributed by atoms with van der Waals surface area (Å²) in [6, 6.07) is 19.8. The predicted octanol–water partition coefficient (Wildman–Crippen LogP) is 4.48. The van der Waals surface area contributed by atoms with Crippen molar-refractivity contribution in [2.75, 3.05) is 26.7 Å². The third-order valence-corrected chi connectivity index (χ3v) is 8.56. The summed E-state index contributed by atoms with van der Waals surface area (Å²) in [5.41, 5.74) is 2.55. The van der Waals surface area contributed by atoms with Crippen molar-refractivity contribution in [1.29, 1.82) is 0 Å². The van der Waals surface area contributed by atoms with E-state index in [1.807, 2.05) is 55.5 Å². The smallest absolute Gasteiger partial charge is 0.406 e. The van der Waals surface area contributed by atoms with Crippen LogP contribution in [0.4, 0.5) is 9.18 Å². The van der Waals surface area contributed by atoms with Crippen LogP contribution in [0.25, 0.3) is 11.1 Å². The fourth-order valence-electron chi connectivity index (χ4n) is 6.23. The molecule has 0 bridgehead atoms. The number of amides is 2. The number of nitrogens with zero attached hydrogens (tertiary/aromatic N) is 4. The van der Waals surface area contributed by atoms with Gasteiger partial charge in [-0.2, -0.15) is 5.21 Å². The van der Waals surface area contributed by atoms with Crippen molar-refractivity contribution in [1.82, 2.24) is 36.2 Å². The summed E-state index contributed by atoms with van der Waals surface area (Å²) in [5.74, 6) is -0.355. The van der Waals surface area contributed by atoms with Crippen LogP contribution in [0.3, 0.4) is 0 Å². The zero-order valence-corrected chi connectivity index (χ0v) is 26.1. The van der Waals surface area contributed by atoms with Crippen LogP contribution >= 0.6 is 0 Å². The van der Waals surface area contributed by atoms with Crippen LogP contribution in [0, 0.1) is 18.7 Å². The van der Waals surface area contributed by atoms with E-state index in [4.69, 9.17) is 4.74 Å². The summed E-state index contributed by atoms with van der Waals surface area (Å²) < 4.78 is 20.3. The van der Waals surface area contributed by atoms with Gasteiger partial charge in [0.25, 0.3) is 5.91 Å². The number of piperidine rings is 1. The van der Waals surface area contributed by atoms with E-state index in [1.165, 1.54) is 13.2 Å². The minimum atomic E-state index is -1.48. The molecule has 2 amide bonds. The molecule has 46 heavy (non-hydrogen) atoms. The second-order valence-corrected chi connectivity index (χ2v) is 11.7. The van der Waals surface area contributed by atoms with Crippen molar-refractivity contribution in [2.45, 2.75) is 51.3 Å². The number of tetrazole rings is 1. The summed E-state index contributed by atoms with van der Waals surface area (Å²) in [4.78, 5) is 27.2. The van der Waals surface area contributed by atoms with Gasteiger partial charge in [0.2, 0.25) is 0 Å². The van der Waals surface area contributed by atoms with Crippen molar-refractivity contribution in [3.8, 4) is 11.1 Å². The van der Waals surface area contributed by atoms with Crippen LogP contribution in [0.2, 0.25) is 0 Å². The second kappa shape index (κ2) is 15.1. The van der Waals surface area contributed by atoms with Gasteiger partial charge in [-0.15, -0.1) is 10.2 Å². The summed E-state index contributed by atoms with van der Waals surface area (Å²) >= 11 is 0. The summed E-state index contributed by atoms with van der Waals surface area (Å²) in [5, 5.41) is 32.4. The molecule has 0 radical (unpaired) electrons. The standard InChI is InChI=1S/C34H40FN7O4/c1-23-7-3-8-26(19-23)31-28(10-4-11-29(31)35)34(45,16-6-17-37-33(44)46-2)27-9-5-18-42(22-27)32(43)25-14-12-24(13-15-25)20-36-21-30-38-40-41-39-30/h3-4,7-8,10-15,19,27,36,45H,5-6,9,16-18,20-22H2,1-2H3,(H,37,44)(H,38,39,40,41)/t27-,34?/m1/s1. The molecule has 1 aromatic heterocycles. The van der Waals surface area contributed by atoms with Crippen molar-refractivity contribution >= 4 is 12.0 Å². The Morgan fingerprint density at radius 2 is 1.93 bits per heavy atom. The number of alkyl carbamates (subject to hydrolysis) is 1. The van der Waals surface area contributed by atoms with Crippen LogP contribution < -0.4 is 10.6 Å². The minimum Gasteiger partial charge on any atom is -0.453 e. The van der Waals surface area contributed by atoms with Crippen molar-refractivity contribution in [3.63, 3.8) is 0 Å². The molecule has 5 rings (SSSR count). The third kappa shape index (κ3) is 7.75. The van der Waals surface area contributed by atoms with Crippen LogP contribution in [0.5, 0.6) is 0 Å². The fraction of sp³-hybridized carbons (Fsp3) is 0.382. The van der Waals surface area contributed by atoms with Gasteiger partial charge >= 0.3 is 6.09 Å². The molecule has 1 saturated heterocycles. The van der Waals surface area contributed by atoms with E-state index >= 15 is 4.39 Å². The molecule has 1 aliphatic heterocycles. The molecule has 0 aliphatic carbocycles. The zero-order chi connectivity index (χ0) is 32.5. The first kappa shape index (κ1) is 32.7. The van der Waals surface area contributed by atoms with Gasteiger partial charge in [0.05, 0.1) is 19.3 Å². The lowest BCUT2D eigenvalue weighted by atomic mass is 9.72. The maximum atomic E-state index is 15.6. The lowest BCUT2D eigenvalue weighted by Gasteiger charge is -2.43. The van der Waals surface area contributed by atoms with Gasteiger partial charge in [0, 0.05) is 43.2 Å². The van der Waals surface area contributed by atoms with Crippen molar-refractivity contribution < 1.29 is 23.8 Å². The van der Waals surface area contributed by atoms with E-state index in [0.29, 0.717) is 73.5 Å². The molecule has 1 unspecified atom stereocenters. The third-order valence-electron chi connectivity index (χ3n) is 8.56. The summed E-state index contributed by atoms with van der Waals surface area (Å²) in [7, 11) is 1.29. The Morgan fingerprint density at radius 1 is 1.13 bits per heavy atom. The Labute approximate surface area is 267 Å². The molecule has 4 aromatic rings. The summed E-state index contributed by atoms with van der Waals surface area (Å²) in [6.07, 6.45) is 1.45. The lowest BCUT2D eigenvalue weighted by Crippen LogP contribution is -2.48. The molecule has 3 aromatic carbocycles. The number of aromatic nitrogens is 4. The number of aryl methyl sites for hydroxylation is 1. The number of H-pyrrole nitrogens is 1. The number of carbonyl (C=O) groups excluding carboxylic acids is 2. The molecule has 11 nitrogen and oxygen atoms in total. The Morgan fingerprint density at radius 3 is 2.67 bits per heavy atom. The van der Waals surface area contributed by atoms with Gasteiger partial charge in [-0.1, -0.05) is 59.3 Å². The number of rotatable bonds is 12. The monoisotopic (exact) mass is 629 g/mol. The van der Waals surface area contributed by atoms with Gasteiger partial charge in [-0.05, 0) is 67.5 Å². The van der Waals surface area contributed by atoms with E-state index in [-0.39, 0.29) is 24.8 Å². The maximum Gasteiger partial charge on any atom is 0.406 e. The van der Waals surface area contributed by atoms with Crippen LogP contribution in [-0.2, 0) is 23.4 Å². The lowest BCUT2D eigenvalue weighted by molar-refractivity contribution is -0.0564. The number of halogens is 1. The number of methoxy groups -OCH3 is 1. The van der Waals surface area contributed by atoms with Gasteiger partial charge < -0.3 is 25.4 Å². The highest BCUT2D eigenvalue weighted by Crippen LogP contribution is 2.44. The van der Waals surface area contributed by atoms with Crippen molar-refractivity contribution in [2.24, 2.45) is 5.92 Å². The molecule has 4 N–H and O–H groups in total. The first-order valence-corrected chi connectivity index (χ1v) is 15.5. The number of ether oxygens (including phenoxy) is 1. The average molecular weight is 630 g/mol. The second-order valence-electron chi connectivity index (χ2n) is 11.7. The van der Waals surface area contributed by atoms with E-state index in [1.54, 1.807) is 17.0 Å². The molecule has 1 fully saturated rings. The minimum absolute atomic E-state index is 0.121. The predicted molar refractivity (Wildman–Crippen MR) is 170 cm³/mol. The zero-order valence-electron chi connectivity index (χ0n) is 26.1. The number of aromatic amines is 1. The van der Waals surface area contributed by atoms with Gasteiger partial charge in [-0.3, -0.25) is 4.79 Å². The Balaban J connectivity index is 1.37. The number of likely N-dealkylation sites (tertiary alicyclic amines) is 1. The van der Waals surface area contributed by atoms with E-state index in [9.17, 15) is 14.7 Å². The number of benzene rings is 3. The molecular weight excluding hydrogens is 589 g/mol. The quantitative estimate of drug-likeness (QED) is 0.168. The molecule has 0 spiro atoms. The normalized spacial score (nSPS) is 16.1. The highest BCUT2D eigenvalue weighted by Gasteiger charge is 2.43. The molecule has 242 valence electrons. The van der Waals surface area contributed by atoms with E-state index in [2.05, 4.69) is 31.3 Å². The Hall–Kier alpha value is -4.68. The molecular formula is C34H40FN7O4. The highest BCUT2D eigenvalue weighted by atomic mass is 19.1. The Bertz CT molecular complexity index is 1620. The van der Waals surface area contributed by atoms with Gasteiger partial charge in [-0.25, -0.2) is 9.18 Å². The largest absolute Gasteiger partial charge is 0.453 e. The number of hydrogen-bond donors (Lipinski definition) is 4. The average Bonchev–Trinajstić information content (AvgIpc) is 3.60. The van der Waals surface area contributed by atoms with Crippen LogP contribution in [-0.4, -0.2) is 69.4 Å². The van der Waals surface area contributed by atoms with Crippen LogP contribution in [0.1, 0.15) is 58.6 Å². The number of aliphatic hydroxyl groups is 1. The van der Waals surface area contributed by atoms with E-state index in [0.717, 1.165) is 11.1 Å². The van der Waals surface area contributed by atoms with Gasteiger partial charge in [0.1, 0.15) is 5.82 Å². The Kier molecular flexibility index (Phi) is 10.7. The van der Waals surface area contributed by atoms with E-state index < -0.39 is 17.5 Å². The first-order chi connectivity index (χ1) is 22.3. The fourth-order valence-corrected chi connectivity index (χ4v) is 6.23. The summed E-state index contributed by atoms with van der Waals surface area (Å²) in [6.45, 7) is 4.11. The molecule has 1 aliphatic rings. The maximum absolute atomic E-state index is 15.6. The molecule has 0 saturated carbocycles. The molecule has 12 heteroatoms. The van der Waals surface area contributed by atoms with Crippen LogP contribution in [0.15, 0.2) is 66.7 Å². The molecule has 2 heterocycles. The topological polar surface area (TPSA) is 145 Å². The van der Waals surface area contributed by atoms with Crippen molar-refractivity contribution in [3.05, 3.63) is 101 Å². The van der Waals surface area contributed by atoms with Gasteiger partial charge in [0.15, 0.2) is 5.82 Å². The number of nitrogens with one attached hydrogen (secondary N) is 3. The number of hydrogen-bond acceptors (Lipinski definition) is 8.